The molecule has 0 bridgehead atoms. The number of amides is 1. The first-order valence-electron chi connectivity index (χ1n) is 8.12. The van der Waals surface area contributed by atoms with Crippen molar-refractivity contribution in [3.05, 3.63) is 65.2 Å². The van der Waals surface area contributed by atoms with E-state index in [0.29, 0.717) is 5.92 Å². The van der Waals surface area contributed by atoms with E-state index in [1.54, 1.807) is 6.21 Å². The van der Waals surface area contributed by atoms with E-state index in [0.717, 1.165) is 23.3 Å². The lowest BCUT2D eigenvalue weighted by Crippen LogP contribution is -2.24. The molecule has 0 spiro atoms. The SMILES string of the molecule is Cc1cccc(OCC(=O)N/N=C\CC(C)c2ccccc2)c1C. The van der Waals surface area contributed by atoms with Crippen LogP contribution in [0.3, 0.4) is 0 Å². The van der Waals surface area contributed by atoms with Gasteiger partial charge in [0.15, 0.2) is 6.61 Å². The molecule has 0 aliphatic heterocycles. The third kappa shape index (κ3) is 5.23. The second kappa shape index (κ2) is 8.87. The molecule has 24 heavy (non-hydrogen) atoms. The van der Waals surface area contributed by atoms with Crippen molar-refractivity contribution in [3.63, 3.8) is 0 Å². The molecule has 1 unspecified atom stereocenters. The summed E-state index contributed by atoms with van der Waals surface area (Å²) >= 11 is 0. The summed E-state index contributed by atoms with van der Waals surface area (Å²) in [5.74, 6) is 0.824. The maximum Gasteiger partial charge on any atom is 0.277 e. The van der Waals surface area contributed by atoms with Crippen LogP contribution in [0.25, 0.3) is 0 Å². The van der Waals surface area contributed by atoms with Crippen molar-refractivity contribution in [3.8, 4) is 5.75 Å². The lowest BCUT2D eigenvalue weighted by Gasteiger charge is -2.10. The predicted molar refractivity (Wildman–Crippen MR) is 97.5 cm³/mol. The van der Waals surface area contributed by atoms with Gasteiger partial charge in [0.25, 0.3) is 5.91 Å². The standard InChI is InChI=1S/C20H24N2O2/c1-15-8-7-11-19(17(15)3)24-14-20(23)22-21-13-12-16(2)18-9-5-4-6-10-18/h4-11,13,16H,12,14H2,1-3H3,(H,22,23)/b21-13-. The van der Waals surface area contributed by atoms with Crippen LogP contribution in [0.2, 0.25) is 0 Å². The lowest BCUT2D eigenvalue weighted by atomic mass is 9.99. The van der Waals surface area contributed by atoms with Crippen LogP contribution >= 0.6 is 0 Å². The molecule has 4 nitrogen and oxygen atoms in total. The van der Waals surface area contributed by atoms with Gasteiger partial charge < -0.3 is 4.74 Å². The highest BCUT2D eigenvalue weighted by atomic mass is 16.5. The van der Waals surface area contributed by atoms with Gasteiger partial charge in [0.1, 0.15) is 5.75 Å². The van der Waals surface area contributed by atoms with Gasteiger partial charge in [-0.2, -0.15) is 5.10 Å². The fourth-order valence-corrected chi connectivity index (χ4v) is 2.30. The molecule has 0 saturated heterocycles. The Balaban J connectivity index is 1.74. The Bertz CT molecular complexity index is 696. The van der Waals surface area contributed by atoms with Crippen LogP contribution in [0.5, 0.6) is 5.75 Å². The molecule has 0 fully saturated rings. The molecule has 0 aliphatic carbocycles. The fraction of sp³-hybridized carbons (Fsp3) is 0.300. The van der Waals surface area contributed by atoms with Crippen molar-refractivity contribution in [2.75, 3.05) is 6.61 Å². The molecule has 0 heterocycles. The van der Waals surface area contributed by atoms with Gasteiger partial charge in [0.05, 0.1) is 0 Å². The van der Waals surface area contributed by atoms with Gasteiger partial charge in [-0.3, -0.25) is 4.79 Å². The van der Waals surface area contributed by atoms with E-state index in [4.69, 9.17) is 4.74 Å². The van der Waals surface area contributed by atoms with Crippen LogP contribution in [0.1, 0.15) is 36.0 Å². The molecule has 0 aromatic heterocycles. The second-order valence-corrected chi connectivity index (χ2v) is 5.88. The summed E-state index contributed by atoms with van der Waals surface area (Å²) < 4.78 is 5.54. The zero-order valence-electron chi connectivity index (χ0n) is 14.5. The summed E-state index contributed by atoms with van der Waals surface area (Å²) in [7, 11) is 0. The first-order valence-corrected chi connectivity index (χ1v) is 8.12. The molecule has 126 valence electrons. The van der Waals surface area contributed by atoms with Crippen molar-refractivity contribution in [2.24, 2.45) is 5.10 Å². The molecule has 2 aromatic carbocycles. The summed E-state index contributed by atoms with van der Waals surface area (Å²) in [5.41, 5.74) is 5.94. The summed E-state index contributed by atoms with van der Waals surface area (Å²) in [6.45, 7) is 6.08. The smallest absolute Gasteiger partial charge is 0.277 e. The molecule has 4 heteroatoms. The number of aryl methyl sites for hydroxylation is 1. The number of nitrogens with zero attached hydrogens (tertiary/aromatic N) is 1. The minimum Gasteiger partial charge on any atom is -0.483 e. The van der Waals surface area contributed by atoms with E-state index in [1.807, 2.05) is 50.2 Å². The van der Waals surface area contributed by atoms with Crippen molar-refractivity contribution < 1.29 is 9.53 Å². The largest absolute Gasteiger partial charge is 0.483 e. The van der Waals surface area contributed by atoms with Gasteiger partial charge in [0.2, 0.25) is 0 Å². The average Bonchev–Trinajstić information content (AvgIpc) is 2.60. The van der Waals surface area contributed by atoms with E-state index in [2.05, 4.69) is 29.6 Å². The quantitative estimate of drug-likeness (QED) is 0.619. The Hall–Kier alpha value is -2.62. The van der Waals surface area contributed by atoms with E-state index < -0.39 is 0 Å². The van der Waals surface area contributed by atoms with Crippen LogP contribution in [0.15, 0.2) is 53.6 Å². The van der Waals surface area contributed by atoms with Crippen molar-refractivity contribution >= 4 is 12.1 Å². The zero-order chi connectivity index (χ0) is 17.4. The number of carbonyl (C=O) groups excluding carboxylic acids is 1. The minimum atomic E-state index is -0.264. The molecule has 2 rings (SSSR count). The Labute approximate surface area is 143 Å². The summed E-state index contributed by atoms with van der Waals surface area (Å²) in [6, 6.07) is 16.0. The third-order valence-corrected chi connectivity index (χ3v) is 4.02. The molecule has 0 radical (unpaired) electrons. The molecule has 1 atom stereocenters. The second-order valence-electron chi connectivity index (χ2n) is 5.88. The van der Waals surface area contributed by atoms with Gasteiger partial charge in [0, 0.05) is 6.21 Å². The summed E-state index contributed by atoms with van der Waals surface area (Å²) in [4.78, 5) is 11.8. The van der Waals surface area contributed by atoms with Crippen LogP contribution in [-0.2, 0) is 4.79 Å². The topological polar surface area (TPSA) is 50.7 Å². The average molecular weight is 324 g/mol. The number of ether oxygens (including phenoxy) is 1. The van der Waals surface area contributed by atoms with E-state index >= 15 is 0 Å². The highest BCUT2D eigenvalue weighted by Crippen LogP contribution is 2.20. The number of carbonyl (C=O) groups is 1. The number of hydrogen-bond acceptors (Lipinski definition) is 3. The van der Waals surface area contributed by atoms with Gasteiger partial charge in [-0.1, -0.05) is 49.4 Å². The van der Waals surface area contributed by atoms with Crippen molar-refractivity contribution in [1.29, 1.82) is 0 Å². The monoisotopic (exact) mass is 324 g/mol. The third-order valence-electron chi connectivity index (χ3n) is 4.02. The van der Waals surface area contributed by atoms with E-state index in [9.17, 15) is 4.79 Å². The Morgan fingerprint density at radius 2 is 1.92 bits per heavy atom. The Morgan fingerprint density at radius 1 is 1.17 bits per heavy atom. The van der Waals surface area contributed by atoms with Gasteiger partial charge >= 0.3 is 0 Å². The molecule has 1 N–H and O–H groups in total. The molecule has 0 saturated carbocycles. The summed E-state index contributed by atoms with van der Waals surface area (Å²) in [5, 5.41) is 3.98. The first-order chi connectivity index (χ1) is 11.6. The van der Waals surface area contributed by atoms with Crippen molar-refractivity contribution in [2.45, 2.75) is 33.1 Å². The van der Waals surface area contributed by atoms with Gasteiger partial charge in [-0.05, 0) is 48.9 Å². The molecule has 1 amide bonds. The summed E-state index contributed by atoms with van der Waals surface area (Å²) in [6.07, 6.45) is 2.50. The number of nitrogens with one attached hydrogen (secondary N) is 1. The fourth-order valence-electron chi connectivity index (χ4n) is 2.30. The highest BCUT2D eigenvalue weighted by molar-refractivity contribution is 5.78. The normalized spacial score (nSPS) is 12.1. The Kier molecular flexibility index (Phi) is 6.55. The van der Waals surface area contributed by atoms with Gasteiger partial charge in [-0.15, -0.1) is 0 Å². The maximum absolute atomic E-state index is 11.8. The number of hydrazone groups is 1. The Morgan fingerprint density at radius 3 is 2.67 bits per heavy atom. The molecular formula is C20H24N2O2. The van der Waals surface area contributed by atoms with E-state index in [1.165, 1.54) is 5.56 Å². The number of benzene rings is 2. The van der Waals surface area contributed by atoms with E-state index in [-0.39, 0.29) is 12.5 Å². The number of hydrogen-bond donors (Lipinski definition) is 1. The highest BCUT2D eigenvalue weighted by Gasteiger charge is 2.06. The number of rotatable bonds is 7. The van der Waals surface area contributed by atoms with Crippen LogP contribution in [-0.4, -0.2) is 18.7 Å². The van der Waals surface area contributed by atoms with Crippen LogP contribution in [0.4, 0.5) is 0 Å². The minimum absolute atomic E-state index is 0.0458. The van der Waals surface area contributed by atoms with Crippen molar-refractivity contribution in [1.82, 2.24) is 5.43 Å². The zero-order valence-corrected chi connectivity index (χ0v) is 14.5. The molecule has 2 aromatic rings. The molecule has 0 aliphatic rings. The maximum atomic E-state index is 11.8. The molecular weight excluding hydrogens is 300 g/mol. The predicted octanol–water partition coefficient (Wildman–Crippen LogP) is 3.98. The van der Waals surface area contributed by atoms with Crippen LogP contribution < -0.4 is 10.2 Å². The van der Waals surface area contributed by atoms with Crippen LogP contribution in [0, 0.1) is 13.8 Å². The van der Waals surface area contributed by atoms with Gasteiger partial charge in [-0.25, -0.2) is 5.43 Å². The first kappa shape index (κ1) is 17.7. The lowest BCUT2D eigenvalue weighted by molar-refractivity contribution is -0.123.